The number of nitrogens with one attached hydrogen (secondary N) is 1. The summed E-state index contributed by atoms with van der Waals surface area (Å²) >= 11 is 1.69. The van der Waals surface area contributed by atoms with Gasteiger partial charge in [-0.15, -0.1) is 0 Å². The number of nitrogens with zero attached hydrogens (tertiary/aromatic N) is 1. The smallest absolute Gasteiger partial charge is 0.0416 e. The summed E-state index contributed by atoms with van der Waals surface area (Å²) in [5, 5.41) is 0. The van der Waals surface area contributed by atoms with Crippen molar-refractivity contribution in [3.8, 4) is 0 Å². The van der Waals surface area contributed by atoms with Gasteiger partial charge in [0.05, 0.1) is 0 Å². The molecule has 0 aliphatic carbocycles. The van der Waals surface area contributed by atoms with Crippen LogP contribution in [0.15, 0.2) is 53.6 Å². The van der Waals surface area contributed by atoms with Gasteiger partial charge in [-0.2, -0.15) is 0 Å². The van der Waals surface area contributed by atoms with Crippen LogP contribution in [0, 0.1) is 0 Å². The first-order valence-electron chi connectivity index (χ1n) is 7.19. The van der Waals surface area contributed by atoms with Crippen molar-refractivity contribution in [2.24, 2.45) is 0 Å². The van der Waals surface area contributed by atoms with Crippen molar-refractivity contribution in [1.82, 2.24) is 9.71 Å². The highest BCUT2D eigenvalue weighted by Crippen LogP contribution is 2.22. The molecule has 0 bridgehead atoms. The molecule has 3 heteroatoms. The minimum absolute atomic E-state index is 0.645. The third-order valence-electron chi connectivity index (χ3n) is 3.46. The highest BCUT2D eigenvalue weighted by Gasteiger charge is 2.02. The average molecular weight is 286 g/mol. The summed E-state index contributed by atoms with van der Waals surface area (Å²) in [6.07, 6.45) is 3.99. The molecule has 106 valence electrons. The lowest BCUT2D eigenvalue weighted by molar-refractivity contribution is 0.733. The number of benzene rings is 1. The fourth-order valence-corrected chi connectivity index (χ4v) is 2.60. The molecule has 2 nitrogen and oxygen atoms in total. The van der Waals surface area contributed by atoms with E-state index in [4.69, 9.17) is 0 Å². The Morgan fingerprint density at radius 3 is 2.60 bits per heavy atom. The quantitative estimate of drug-likeness (QED) is 0.602. The van der Waals surface area contributed by atoms with Crippen molar-refractivity contribution >= 4 is 11.9 Å². The summed E-state index contributed by atoms with van der Waals surface area (Å²) in [5.41, 5.74) is 2.55. The Labute approximate surface area is 126 Å². The van der Waals surface area contributed by atoms with Gasteiger partial charge in [-0.25, -0.2) is 0 Å². The highest BCUT2D eigenvalue weighted by atomic mass is 32.2. The van der Waals surface area contributed by atoms with Gasteiger partial charge in [-0.3, -0.25) is 9.71 Å². The van der Waals surface area contributed by atoms with Gasteiger partial charge < -0.3 is 0 Å². The molecule has 0 radical (unpaired) electrons. The molecule has 1 aromatic heterocycles. The lowest BCUT2D eigenvalue weighted by Crippen LogP contribution is -2.09. The van der Waals surface area contributed by atoms with Gasteiger partial charge in [0.1, 0.15) is 0 Å². The summed E-state index contributed by atoms with van der Waals surface area (Å²) < 4.78 is 3.39. The molecular weight excluding hydrogens is 264 g/mol. The van der Waals surface area contributed by atoms with Crippen LogP contribution >= 0.6 is 11.9 Å². The first-order chi connectivity index (χ1) is 9.79. The van der Waals surface area contributed by atoms with E-state index in [2.05, 4.69) is 53.9 Å². The first-order valence-corrected chi connectivity index (χ1v) is 8.01. The minimum atomic E-state index is 0.645. The Morgan fingerprint density at radius 1 is 1.15 bits per heavy atom. The van der Waals surface area contributed by atoms with E-state index >= 15 is 0 Å². The number of aromatic nitrogens is 1. The van der Waals surface area contributed by atoms with Crippen molar-refractivity contribution in [3.05, 3.63) is 59.9 Å². The van der Waals surface area contributed by atoms with E-state index in [1.54, 1.807) is 11.9 Å². The second-order valence-electron chi connectivity index (χ2n) is 4.95. The van der Waals surface area contributed by atoms with Gasteiger partial charge in [0, 0.05) is 29.8 Å². The maximum absolute atomic E-state index is 4.31. The van der Waals surface area contributed by atoms with Gasteiger partial charge >= 0.3 is 0 Å². The van der Waals surface area contributed by atoms with Gasteiger partial charge in [-0.05, 0) is 54.1 Å². The Morgan fingerprint density at radius 2 is 1.95 bits per heavy atom. The average Bonchev–Trinajstić information content (AvgIpc) is 2.52. The van der Waals surface area contributed by atoms with E-state index in [1.165, 1.54) is 16.9 Å². The number of rotatable bonds is 7. The van der Waals surface area contributed by atoms with E-state index in [9.17, 15) is 0 Å². The molecular formula is C17H22N2S. The highest BCUT2D eigenvalue weighted by molar-refractivity contribution is 7.97. The summed E-state index contributed by atoms with van der Waals surface area (Å²) in [5.74, 6) is 0.645. The van der Waals surface area contributed by atoms with Crippen molar-refractivity contribution in [3.63, 3.8) is 0 Å². The predicted octanol–water partition coefficient (Wildman–Crippen LogP) is 4.43. The van der Waals surface area contributed by atoms with Crippen LogP contribution in [0.1, 0.15) is 37.4 Å². The van der Waals surface area contributed by atoms with Crippen molar-refractivity contribution in [1.29, 1.82) is 0 Å². The zero-order valence-electron chi connectivity index (χ0n) is 12.2. The van der Waals surface area contributed by atoms with E-state index in [1.807, 2.05) is 18.3 Å². The van der Waals surface area contributed by atoms with Crippen LogP contribution in [-0.2, 0) is 6.42 Å². The topological polar surface area (TPSA) is 24.9 Å². The Hall–Kier alpha value is -1.32. The fourth-order valence-electron chi connectivity index (χ4n) is 1.96. The molecule has 1 heterocycles. The molecule has 0 fully saturated rings. The molecule has 0 spiro atoms. The predicted molar refractivity (Wildman–Crippen MR) is 86.9 cm³/mol. The summed E-state index contributed by atoms with van der Waals surface area (Å²) in [6, 6.07) is 14.9. The lowest BCUT2D eigenvalue weighted by Gasteiger charge is -2.09. The van der Waals surface area contributed by atoms with E-state index < -0.39 is 0 Å². The monoisotopic (exact) mass is 286 g/mol. The summed E-state index contributed by atoms with van der Waals surface area (Å²) in [7, 11) is 0. The molecule has 0 aliphatic rings. The zero-order chi connectivity index (χ0) is 14.2. The van der Waals surface area contributed by atoms with Crippen LogP contribution in [0.5, 0.6) is 0 Å². The van der Waals surface area contributed by atoms with Gasteiger partial charge in [0.25, 0.3) is 0 Å². The fraction of sp³-hybridized carbons (Fsp3) is 0.353. The van der Waals surface area contributed by atoms with Crippen LogP contribution in [-0.4, -0.2) is 11.5 Å². The van der Waals surface area contributed by atoms with Gasteiger partial charge in [0.2, 0.25) is 0 Å². The molecule has 0 amide bonds. The van der Waals surface area contributed by atoms with E-state index in [0.29, 0.717) is 5.92 Å². The molecule has 0 saturated heterocycles. The van der Waals surface area contributed by atoms with Crippen molar-refractivity contribution < 1.29 is 0 Å². The number of hydrogen-bond acceptors (Lipinski definition) is 3. The third-order valence-corrected chi connectivity index (χ3v) is 4.32. The van der Waals surface area contributed by atoms with E-state index in [0.717, 1.165) is 18.7 Å². The minimum Gasteiger partial charge on any atom is -0.261 e. The molecule has 0 aliphatic heterocycles. The van der Waals surface area contributed by atoms with Gasteiger partial charge in [-0.1, -0.05) is 32.0 Å². The molecule has 1 atom stereocenters. The Kier molecular flexibility index (Phi) is 6.09. The van der Waals surface area contributed by atoms with Crippen molar-refractivity contribution in [2.75, 3.05) is 6.54 Å². The van der Waals surface area contributed by atoms with Crippen LogP contribution in [0.2, 0.25) is 0 Å². The summed E-state index contributed by atoms with van der Waals surface area (Å²) in [6.45, 7) is 5.43. The maximum Gasteiger partial charge on any atom is 0.0416 e. The second kappa shape index (κ2) is 8.08. The SMILES string of the molecule is CCC(C)c1ccc(SNCCc2ccccn2)cc1. The zero-order valence-corrected chi connectivity index (χ0v) is 13.0. The molecule has 0 saturated carbocycles. The molecule has 1 aromatic carbocycles. The molecule has 1 N–H and O–H groups in total. The van der Waals surface area contributed by atoms with Crippen LogP contribution in [0.3, 0.4) is 0 Å². The Balaban J connectivity index is 1.74. The third kappa shape index (κ3) is 4.66. The first kappa shape index (κ1) is 15.1. The molecule has 2 aromatic rings. The largest absolute Gasteiger partial charge is 0.261 e. The standard InChI is InChI=1S/C17H22N2S/c1-3-14(2)15-7-9-17(10-8-15)20-19-13-11-16-6-4-5-12-18-16/h4-10,12,14,19H,3,11,13H2,1-2H3. The van der Waals surface area contributed by atoms with E-state index in [-0.39, 0.29) is 0 Å². The maximum atomic E-state index is 4.31. The molecule has 2 rings (SSSR count). The number of pyridine rings is 1. The Bertz CT molecular complexity index is 496. The normalized spacial score (nSPS) is 12.3. The molecule has 20 heavy (non-hydrogen) atoms. The van der Waals surface area contributed by atoms with Gasteiger partial charge in [0.15, 0.2) is 0 Å². The summed E-state index contributed by atoms with van der Waals surface area (Å²) in [4.78, 5) is 5.58. The number of hydrogen-bond donors (Lipinski definition) is 1. The van der Waals surface area contributed by atoms with Crippen LogP contribution in [0.4, 0.5) is 0 Å². The molecule has 1 unspecified atom stereocenters. The second-order valence-corrected chi connectivity index (χ2v) is 5.91. The van der Waals surface area contributed by atoms with Crippen molar-refractivity contribution in [2.45, 2.75) is 37.5 Å². The van der Waals surface area contributed by atoms with Crippen LogP contribution < -0.4 is 4.72 Å². The lowest BCUT2D eigenvalue weighted by atomic mass is 9.99. The van der Waals surface area contributed by atoms with Crippen LogP contribution in [0.25, 0.3) is 0 Å².